The SMILES string of the molecule is O=C(Nc1ccc2[nH]ncc2c1)C1CCN(C(=O)C(O)c2ccc(Br)cc2)C1. The Balaban J connectivity index is 1.38. The molecule has 2 amide bonds. The summed E-state index contributed by atoms with van der Waals surface area (Å²) in [5.74, 6) is -0.810. The van der Waals surface area contributed by atoms with Crippen molar-refractivity contribution in [2.75, 3.05) is 18.4 Å². The van der Waals surface area contributed by atoms with E-state index >= 15 is 0 Å². The maximum absolute atomic E-state index is 12.6. The molecule has 0 bridgehead atoms. The molecule has 0 aliphatic carbocycles. The van der Waals surface area contributed by atoms with Crippen molar-refractivity contribution in [3.63, 3.8) is 0 Å². The molecule has 3 aromatic rings. The first-order valence-electron chi connectivity index (χ1n) is 8.97. The van der Waals surface area contributed by atoms with Gasteiger partial charge in [0.05, 0.1) is 17.6 Å². The fourth-order valence-corrected chi connectivity index (χ4v) is 3.66. The number of fused-ring (bicyclic) bond motifs is 1. The summed E-state index contributed by atoms with van der Waals surface area (Å²) in [5.41, 5.74) is 2.13. The van der Waals surface area contributed by atoms with Gasteiger partial charge < -0.3 is 15.3 Å². The van der Waals surface area contributed by atoms with E-state index in [0.717, 1.165) is 15.4 Å². The Morgan fingerprint density at radius 1 is 1.25 bits per heavy atom. The van der Waals surface area contributed by atoms with Crippen molar-refractivity contribution in [2.24, 2.45) is 5.92 Å². The Hall–Kier alpha value is -2.71. The molecule has 1 fully saturated rings. The van der Waals surface area contributed by atoms with Gasteiger partial charge in [-0.15, -0.1) is 0 Å². The topological polar surface area (TPSA) is 98.3 Å². The summed E-state index contributed by atoms with van der Waals surface area (Å²) in [5, 5.41) is 21.0. The van der Waals surface area contributed by atoms with E-state index in [-0.39, 0.29) is 17.7 Å². The third-order valence-corrected chi connectivity index (χ3v) is 5.53. The van der Waals surface area contributed by atoms with Crippen LogP contribution in [0.4, 0.5) is 5.69 Å². The molecule has 1 aliphatic heterocycles. The number of H-pyrrole nitrogens is 1. The molecule has 7 nitrogen and oxygen atoms in total. The molecule has 1 aromatic heterocycles. The normalized spacial score (nSPS) is 17.6. The number of aliphatic hydroxyl groups excluding tert-OH is 1. The molecule has 28 heavy (non-hydrogen) atoms. The highest BCUT2D eigenvalue weighted by molar-refractivity contribution is 9.10. The van der Waals surface area contributed by atoms with Gasteiger partial charge in [0.2, 0.25) is 5.91 Å². The van der Waals surface area contributed by atoms with Crippen molar-refractivity contribution in [1.29, 1.82) is 0 Å². The van der Waals surface area contributed by atoms with Gasteiger partial charge in [0.1, 0.15) is 0 Å². The summed E-state index contributed by atoms with van der Waals surface area (Å²) in [6.07, 6.45) is 1.04. The van der Waals surface area contributed by atoms with Gasteiger partial charge in [0, 0.05) is 28.6 Å². The molecule has 2 unspecified atom stereocenters. The molecule has 1 saturated heterocycles. The van der Waals surface area contributed by atoms with E-state index in [0.29, 0.717) is 30.8 Å². The van der Waals surface area contributed by atoms with E-state index in [9.17, 15) is 14.7 Å². The molecule has 2 heterocycles. The number of anilines is 1. The van der Waals surface area contributed by atoms with E-state index in [2.05, 4.69) is 31.4 Å². The smallest absolute Gasteiger partial charge is 0.256 e. The number of likely N-dealkylation sites (tertiary alicyclic amines) is 1. The lowest BCUT2D eigenvalue weighted by Crippen LogP contribution is -2.35. The lowest BCUT2D eigenvalue weighted by Gasteiger charge is -2.20. The summed E-state index contributed by atoms with van der Waals surface area (Å²) >= 11 is 3.33. The molecule has 0 radical (unpaired) electrons. The Kier molecular flexibility index (Phi) is 5.15. The number of nitrogens with zero attached hydrogens (tertiary/aromatic N) is 2. The van der Waals surface area contributed by atoms with Gasteiger partial charge in [0.15, 0.2) is 6.10 Å². The first-order chi connectivity index (χ1) is 13.5. The zero-order valence-corrected chi connectivity index (χ0v) is 16.5. The summed E-state index contributed by atoms with van der Waals surface area (Å²) in [6, 6.07) is 12.5. The second-order valence-electron chi connectivity index (χ2n) is 6.89. The fraction of sp³-hybridized carbons (Fsp3) is 0.250. The second kappa shape index (κ2) is 7.73. The number of aliphatic hydroxyl groups is 1. The zero-order valence-electron chi connectivity index (χ0n) is 14.9. The molecule has 2 atom stereocenters. The average Bonchev–Trinajstić information content (AvgIpc) is 3.36. The van der Waals surface area contributed by atoms with Crippen LogP contribution in [-0.2, 0) is 9.59 Å². The van der Waals surface area contributed by atoms with Crippen molar-refractivity contribution in [3.8, 4) is 0 Å². The Morgan fingerprint density at radius 2 is 2.04 bits per heavy atom. The van der Waals surface area contributed by atoms with Crippen LogP contribution >= 0.6 is 15.9 Å². The number of carbonyl (C=O) groups is 2. The number of aromatic nitrogens is 2. The van der Waals surface area contributed by atoms with Crippen LogP contribution in [0.15, 0.2) is 53.1 Å². The number of nitrogens with one attached hydrogen (secondary N) is 2. The van der Waals surface area contributed by atoms with E-state index in [1.165, 1.54) is 0 Å². The number of hydrogen-bond acceptors (Lipinski definition) is 4. The summed E-state index contributed by atoms with van der Waals surface area (Å²) < 4.78 is 0.877. The minimum absolute atomic E-state index is 0.128. The highest BCUT2D eigenvalue weighted by atomic mass is 79.9. The summed E-state index contributed by atoms with van der Waals surface area (Å²) in [7, 11) is 0. The molecule has 0 saturated carbocycles. The zero-order chi connectivity index (χ0) is 19.7. The molecule has 1 aliphatic rings. The lowest BCUT2D eigenvalue weighted by atomic mass is 10.1. The quantitative estimate of drug-likeness (QED) is 0.578. The van der Waals surface area contributed by atoms with Crippen LogP contribution in [0.1, 0.15) is 18.1 Å². The first kappa shape index (κ1) is 18.6. The molecule has 8 heteroatoms. The van der Waals surface area contributed by atoms with Crippen molar-refractivity contribution >= 4 is 44.3 Å². The Bertz CT molecular complexity index is 1020. The highest BCUT2D eigenvalue weighted by Crippen LogP contribution is 2.25. The van der Waals surface area contributed by atoms with Gasteiger partial charge in [-0.05, 0) is 42.3 Å². The van der Waals surface area contributed by atoms with Crippen LogP contribution in [0, 0.1) is 5.92 Å². The number of hydrogen-bond donors (Lipinski definition) is 3. The Morgan fingerprint density at radius 3 is 2.82 bits per heavy atom. The summed E-state index contributed by atoms with van der Waals surface area (Å²) in [4.78, 5) is 26.7. The van der Waals surface area contributed by atoms with E-state index in [1.54, 1.807) is 35.4 Å². The van der Waals surface area contributed by atoms with Crippen LogP contribution in [0.5, 0.6) is 0 Å². The number of halogens is 1. The Labute approximate surface area is 169 Å². The molecule has 4 rings (SSSR count). The molecule has 0 spiro atoms. The van der Waals surface area contributed by atoms with Crippen LogP contribution in [0.3, 0.4) is 0 Å². The number of carbonyl (C=O) groups excluding carboxylic acids is 2. The van der Waals surface area contributed by atoms with Crippen LogP contribution in [-0.4, -0.2) is 45.1 Å². The van der Waals surface area contributed by atoms with Crippen molar-refractivity contribution in [3.05, 3.63) is 58.7 Å². The highest BCUT2D eigenvalue weighted by Gasteiger charge is 2.34. The number of amides is 2. The third-order valence-electron chi connectivity index (χ3n) is 5.00. The summed E-state index contributed by atoms with van der Waals surface area (Å²) in [6.45, 7) is 0.748. The third kappa shape index (κ3) is 3.79. The predicted molar refractivity (Wildman–Crippen MR) is 109 cm³/mol. The van der Waals surface area contributed by atoms with Gasteiger partial charge in [-0.2, -0.15) is 5.10 Å². The number of aromatic amines is 1. The van der Waals surface area contributed by atoms with E-state index in [4.69, 9.17) is 0 Å². The van der Waals surface area contributed by atoms with E-state index < -0.39 is 6.10 Å². The van der Waals surface area contributed by atoms with Gasteiger partial charge in [-0.25, -0.2) is 0 Å². The molecular weight excluding hydrogens is 424 g/mol. The minimum atomic E-state index is -1.22. The molecular formula is C20H19BrN4O3. The first-order valence-corrected chi connectivity index (χ1v) is 9.77. The van der Waals surface area contributed by atoms with E-state index in [1.807, 2.05) is 18.2 Å². The molecule has 2 aromatic carbocycles. The van der Waals surface area contributed by atoms with Crippen molar-refractivity contribution in [1.82, 2.24) is 15.1 Å². The van der Waals surface area contributed by atoms with Gasteiger partial charge in [-0.3, -0.25) is 14.7 Å². The number of rotatable bonds is 4. The average molecular weight is 443 g/mol. The van der Waals surface area contributed by atoms with Gasteiger partial charge >= 0.3 is 0 Å². The predicted octanol–water partition coefficient (Wildman–Crippen LogP) is 2.85. The van der Waals surface area contributed by atoms with Crippen molar-refractivity contribution in [2.45, 2.75) is 12.5 Å². The fourth-order valence-electron chi connectivity index (χ4n) is 3.40. The van der Waals surface area contributed by atoms with Crippen LogP contribution in [0.25, 0.3) is 10.9 Å². The van der Waals surface area contributed by atoms with Gasteiger partial charge in [-0.1, -0.05) is 28.1 Å². The monoisotopic (exact) mass is 442 g/mol. The minimum Gasteiger partial charge on any atom is -0.378 e. The molecule has 3 N–H and O–H groups in total. The molecule has 144 valence electrons. The standard InChI is InChI=1S/C20H19BrN4O3/c21-15-3-1-12(2-4-15)18(26)20(28)25-8-7-13(11-25)19(27)23-16-5-6-17-14(9-16)10-22-24-17/h1-6,9-10,13,18,26H,7-8,11H2,(H,22,24)(H,23,27). The number of benzene rings is 2. The lowest BCUT2D eigenvalue weighted by molar-refractivity contribution is -0.139. The second-order valence-corrected chi connectivity index (χ2v) is 7.80. The van der Waals surface area contributed by atoms with Gasteiger partial charge in [0.25, 0.3) is 5.91 Å². The largest absolute Gasteiger partial charge is 0.378 e. The van der Waals surface area contributed by atoms with Crippen LogP contribution in [0.2, 0.25) is 0 Å². The maximum atomic E-state index is 12.6. The van der Waals surface area contributed by atoms with Crippen molar-refractivity contribution < 1.29 is 14.7 Å². The van der Waals surface area contributed by atoms with Crippen LogP contribution < -0.4 is 5.32 Å². The maximum Gasteiger partial charge on any atom is 0.256 e.